The molecular weight excluding hydrogens is 406 g/mol. The minimum absolute atomic E-state index is 0.188. The fourth-order valence-electron chi connectivity index (χ4n) is 2.95. The number of thiazole rings is 1. The average Bonchev–Trinajstić information content (AvgIpc) is 3.34. The first-order valence-electron chi connectivity index (χ1n) is 9.09. The number of hydrogen-bond acceptors (Lipinski definition) is 6. The number of nitrogens with one attached hydrogen (secondary N) is 2. The van der Waals surface area contributed by atoms with E-state index in [4.69, 9.17) is 4.42 Å². The number of hydrogen-bond donors (Lipinski definition) is 2. The summed E-state index contributed by atoms with van der Waals surface area (Å²) in [6.45, 7) is 0. The van der Waals surface area contributed by atoms with Crippen LogP contribution in [0.3, 0.4) is 0 Å². The lowest BCUT2D eigenvalue weighted by Gasteiger charge is -2.16. The molecule has 0 aliphatic rings. The van der Waals surface area contributed by atoms with Crippen LogP contribution < -0.4 is 10.6 Å². The maximum absolute atomic E-state index is 12.8. The second-order valence-electron chi connectivity index (χ2n) is 6.43. The number of fused-ring (bicyclic) bond motifs is 2. The van der Waals surface area contributed by atoms with Crippen LogP contribution in [0, 0.1) is 0 Å². The molecule has 0 saturated carbocycles. The monoisotopic (exact) mass is 425 g/mol. The van der Waals surface area contributed by atoms with Crippen LogP contribution in [0.25, 0.3) is 21.2 Å². The number of carbonyl (C=O) groups is 2. The van der Waals surface area contributed by atoms with Crippen molar-refractivity contribution in [2.45, 2.75) is 12.5 Å². The Labute approximate surface area is 175 Å². The van der Waals surface area contributed by atoms with Crippen molar-refractivity contribution >= 4 is 61.2 Å². The summed E-state index contributed by atoms with van der Waals surface area (Å²) in [6, 6.07) is 16.1. The molecule has 2 amide bonds. The first kappa shape index (κ1) is 19.5. The molecule has 0 fully saturated rings. The Kier molecular flexibility index (Phi) is 5.82. The first-order valence-corrected chi connectivity index (χ1v) is 11.3. The molecule has 29 heavy (non-hydrogen) atoms. The highest BCUT2D eigenvalue weighted by molar-refractivity contribution is 7.98. The third-order valence-electron chi connectivity index (χ3n) is 4.41. The quantitative estimate of drug-likeness (QED) is 0.454. The molecule has 0 aliphatic carbocycles. The lowest BCUT2D eigenvalue weighted by atomic mass is 10.2. The zero-order valence-electron chi connectivity index (χ0n) is 15.7. The Bertz CT molecular complexity index is 1100. The molecule has 4 rings (SSSR count). The largest absolute Gasteiger partial charge is 0.451 e. The van der Waals surface area contributed by atoms with Crippen LogP contribution >= 0.6 is 23.1 Å². The van der Waals surface area contributed by atoms with Gasteiger partial charge in [-0.05, 0) is 42.7 Å². The van der Waals surface area contributed by atoms with Crippen molar-refractivity contribution in [3.63, 3.8) is 0 Å². The minimum atomic E-state index is -0.685. The Balaban J connectivity index is 1.49. The van der Waals surface area contributed by atoms with Crippen LogP contribution in [0.4, 0.5) is 5.13 Å². The summed E-state index contributed by atoms with van der Waals surface area (Å²) in [6.07, 6.45) is 2.47. The van der Waals surface area contributed by atoms with Crippen molar-refractivity contribution in [3.05, 3.63) is 60.4 Å². The first-order chi connectivity index (χ1) is 14.1. The summed E-state index contributed by atoms with van der Waals surface area (Å²) in [5.74, 6) is 0.223. The summed E-state index contributed by atoms with van der Waals surface area (Å²) >= 11 is 3.02. The van der Waals surface area contributed by atoms with Gasteiger partial charge in [-0.1, -0.05) is 41.7 Å². The van der Waals surface area contributed by atoms with Gasteiger partial charge in [0.2, 0.25) is 5.91 Å². The van der Waals surface area contributed by atoms with Crippen molar-refractivity contribution in [1.82, 2.24) is 10.3 Å². The van der Waals surface area contributed by atoms with Gasteiger partial charge in [-0.25, -0.2) is 4.98 Å². The van der Waals surface area contributed by atoms with Gasteiger partial charge in [-0.2, -0.15) is 11.8 Å². The van der Waals surface area contributed by atoms with Crippen molar-refractivity contribution in [2.75, 3.05) is 17.3 Å². The maximum atomic E-state index is 12.8. The standard InChI is InChI=1S/C21H19N3O3S2/c1-28-11-10-15(19(25)24-21-23-14-7-3-5-9-18(14)29-21)22-20(26)17-12-13-6-2-4-8-16(13)27-17/h2-9,12,15H,10-11H2,1H3,(H,22,26)(H,23,24,25). The highest BCUT2D eigenvalue weighted by Crippen LogP contribution is 2.25. The van der Waals surface area contributed by atoms with Gasteiger partial charge < -0.3 is 15.1 Å². The number of furan rings is 1. The van der Waals surface area contributed by atoms with E-state index < -0.39 is 11.9 Å². The molecule has 0 spiro atoms. The van der Waals surface area contributed by atoms with Crippen molar-refractivity contribution in [1.29, 1.82) is 0 Å². The number of thioether (sulfide) groups is 1. The normalized spacial score (nSPS) is 12.2. The summed E-state index contributed by atoms with van der Waals surface area (Å²) in [7, 11) is 0. The van der Waals surface area contributed by atoms with Gasteiger partial charge in [0.25, 0.3) is 5.91 Å². The Morgan fingerprint density at radius 2 is 1.97 bits per heavy atom. The third kappa shape index (κ3) is 4.44. The van der Waals surface area contributed by atoms with E-state index in [0.29, 0.717) is 17.1 Å². The van der Waals surface area contributed by atoms with E-state index in [0.717, 1.165) is 21.4 Å². The van der Waals surface area contributed by atoms with E-state index in [-0.39, 0.29) is 11.7 Å². The van der Waals surface area contributed by atoms with Gasteiger partial charge >= 0.3 is 0 Å². The molecule has 6 nitrogen and oxygen atoms in total. The molecule has 148 valence electrons. The molecular formula is C21H19N3O3S2. The van der Waals surface area contributed by atoms with E-state index in [2.05, 4.69) is 15.6 Å². The molecule has 0 aliphatic heterocycles. The molecule has 2 heterocycles. The number of benzene rings is 2. The zero-order valence-corrected chi connectivity index (χ0v) is 17.3. The van der Waals surface area contributed by atoms with Crippen LogP contribution in [0.1, 0.15) is 17.0 Å². The third-order valence-corrected chi connectivity index (χ3v) is 6.00. The molecule has 0 saturated heterocycles. The number of nitrogens with zero attached hydrogens (tertiary/aromatic N) is 1. The number of carbonyl (C=O) groups excluding carboxylic acids is 2. The molecule has 1 unspecified atom stereocenters. The predicted molar refractivity (Wildman–Crippen MR) is 119 cm³/mol. The van der Waals surface area contributed by atoms with E-state index >= 15 is 0 Å². The van der Waals surface area contributed by atoms with Crippen LogP contribution in [0.2, 0.25) is 0 Å². The van der Waals surface area contributed by atoms with Crippen molar-refractivity contribution in [2.24, 2.45) is 0 Å². The lowest BCUT2D eigenvalue weighted by Crippen LogP contribution is -2.44. The van der Waals surface area contributed by atoms with Crippen LogP contribution in [0.15, 0.2) is 59.0 Å². The topological polar surface area (TPSA) is 84.2 Å². The number of anilines is 1. The molecule has 4 aromatic rings. The van der Waals surface area contributed by atoms with Crippen LogP contribution in [0.5, 0.6) is 0 Å². The van der Waals surface area contributed by atoms with E-state index in [1.165, 1.54) is 11.3 Å². The van der Waals surface area contributed by atoms with Crippen molar-refractivity contribution < 1.29 is 14.0 Å². The molecule has 8 heteroatoms. The van der Waals surface area contributed by atoms with E-state index in [9.17, 15) is 9.59 Å². The van der Waals surface area contributed by atoms with E-state index in [1.54, 1.807) is 23.9 Å². The van der Waals surface area contributed by atoms with Gasteiger partial charge in [-0.15, -0.1) is 0 Å². The average molecular weight is 426 g/mol. The molecule has 2 aromatic heterocycles. The highest BCUT2D eigenvalue weighted by Gasteiger charge is 2.24. The molecule has 0 bridgehead atoms. The summed E-state index contributed by atoms with van der Waals surface area (Å²) in [5.41, 5.74) is 1.47. The Morgan fingerprint density at radius 1 is 1.17 bits per heavy atom. The van der Waals surface area contributed by atoms with Gasteiger partial charge in [0.1, 0.15) is 11.6 Å². The van der Waals surface area contributed by atoms with Crippen molar-refractivity contribution in [3.8, 4) is 0 Å². The molecule has 1 atom stereocenters. The SMILES string of the molecule is CSCCC(NC(=O)c1cc2ccccc2o1)C(=O)Nc1nc2ccccc2s1. The fraction of sp³-hybridized carbons (Fsp3) is 0.190. The molecule has 2 N–H and O–H groups in total. The van der Waals surface area contributed by atoms with Gasteiger partial charge in [0, 0.05) is 5.39 Å². The smallest absolute Gasteiger partial charge is 0.287 e. The van der Waals surface area contributed by atoms with E-state index in [1.807, 2.05) is 48.7 Å². The Morgan fingerprint density at radius 3 is 2.76 bits per heavy atom. The zero-order chi connectivity index (χ0) is 20.2. The fourth-order valence-corrected chi connectivity index (χ4v) is 4.29. The summed E-state index contributed by atoms with van der Waals surface area (Å²) in [4.78, 5) is 29.9. The van der Waals surface area contributed by atoms with Gasteiger partial charge in [0.05, 0.1) is 10.2 Å². The number of amides is 2. The van der Waals surface area contributed by atoms with Crippen LogP contribution in [-0.4, -0.2) is 34.8 Å². The highest BCUT2D eigenvalue weighted by atomic mass is 32.2. The second kappa shape index (κ2) is 8.67. The number of para-hydroxylation sites is 2. The number of aromatic nitrogens is 1. The second-order valence-corrected chi connectivity index (χ2v) is 8.45. The van der Waals surface area contributed by atoms with Gasteiger partial charge in [0.15, 0.2) is 10.9 Å². The predicted octanol–water partition coefficient (Wildman–Crippen LogP) is 4.53. The Hall–Kier alpha value is -2.84. The lowest BCUT2D eigenvalue weighted by molar-refractivity contribution is -0.118. The summed E-state index contributed by atoms with van der Waals surface area (Å²) in [5, 5.41) is 7.00. The van der Waals surface area contributed by atoms with Gasteiger partial charge in [-0.3, -0.25) is 9.59 Å². The van der Waals surface area contributed by atoms with Crippen LogP contribution in [-0.2, 0) is 4.79 Å². The molecule has 2 aromatic carbocycles. The maximum Gasteiger partial charge on any atom is 0.287 e. The molecule has 0 radical (unpaired) electrons. The minimum Gasteiger partial charge on any atom is -0.451 e. The number of rotatable bonds is 7. The summed E-state index contributed by atoms with van der Waals surface area (Å²) < 4.78 is 6.61.